The average molecular weight is 614 g/mol. The molecule has 7 aromatic carbocycles. The first-order valence-corrected chi connectivity index (χ1v) is 16.2. The molecule has 4 heteroatoms. The van der Waals surface area contributed by atoms with Crippen molar-refractivity contribution in [3.63, 3.8) is 0 Å². The summed E-state index contributed by atoms with van der Waals surface area (Å²) in [6, 6.07) is 57.1. The summed E-state index contributed by atoms with van der Waals surface area (Å²) in [5.41, 5.74) is 11.2. The van der Waals surface area contributed by atoms with E-state index in [4.69, 9.17) is 14.4 Å². The molecule has 0 aliphatic carbocycles. The molecule has 0 atom stereocenters. The minimum Gasteiger partial charge on any atom is -0.455 e. The molecule has 0 amide bonds. The number of fused-ring (bicyclic) bond motifs is 7. The van der Waals surface area contributed by atoms with E-state index < -0.39 is 0 Å². The van der Waals surface area contributed by atoms with Crippen molar-refractivity contribution in [3.05, 3.63) is 164 Å². The van der Waals surface area contributed by atoms with Crippen molar-refractivity contribution < 1.29 is 4.42 Å². The Labute approximate surface area is 276 Å². The first-order chi connectivity index (χ1) is 23.8. The largest absolute Gasteiger partial charge is 0.455 e. The van der Waals surface area contributed by atoms with Gasteiger partial charge in [-0.3, -0.25) is 0 Å². The molecule has 0 radical (unpaired) electrons. The van der Waals surface area contributed by atoms with E-state index in [1.54, 1.807) is 0 Å². The second-order valence-corrected chi connectivity index (χ2v) is 12.2. The number of hydrogen-bond acceptors (Lipinski definition) is 3. The molecule has 0 aliphatic heterocycles. The fraction of sp³-hybridized carbons (Fsp3) is 0. The van der Waals surface area contributed by atoms with Crippen molar-refractivity contribution >= 4 is 54.6 Å². The molecule has 0 unspecified atom stereocenters. The highest BCUT2D eigenvalue weighted by molar-refractivity contribution is 6.16. The maximum absolute atomic E-state index is 6.72. The molecule has 0 aliphatic rings. The fourth-order valence-electron chi connectivity index (χ4n) is 7.27. The van der Waals surface area contributed by atoms with Crippen LogP contribution in [0.25, 0.3) is 94.1 Å². The van der Waals surface area contributed by atoms with Crippen LogP contribution in [0.4, 0.5) is 0 Å². The summed E-state index contributed by atoms with van der Waals surface area (Å²) >= 11 is 0. The highest BCUT2D eigenvalue weighted by Crippen LogP contribution is 2.42. The van der Waals surface area contributed by atoms with Crippen molar-refractivity contribution in [3.8, 4) is 39.5 Å². The Kier molecular flexibility index (Phi) is 5.84. The number of furan rings is 1. The lowest BCUT2D eigenvalue weighted by molar-refractivity contribution is 0.670. The molecule has 224 valence electrons. The Morgan fingerprint density at radius 3 is 2.02 bits per heavy atom. The third-order valence-corrected chi connectivity index (χ3v) is 9.41. The molecule has 0 spiro atoms. The highest BCUT2D eigenvalue weighted by Gasteiger charge is 2.20. The fourth-order valence-corrected chi connectivity index (χ4v) is 7.27. The lowest BCUT2D eigenvalue weighted by Crippen LogP contribution is -1.95. The maximum atomic E-state index is 6.72. The monoisotopic (exact) mass is 613 g/mol. The van der Waals surface area contributed by atoms with Crippen molar-refractivity contribution in [1.29, 1.82) is 0 Å². The minimum atomic E-state index is 0.682. The van der Waals surface area contributed by atoms with Gasteiger partial charge in [0.05, 0.1) is 22.2 Å². The van der Waals surface area contributed by atoms with E-state index in [9.17, 15) is 0 Å². The van der Waals surface area contributed by atoms with Crippen LogP contribution in [0.2, 0.25) is 0 Å². The Hall–Kier alpha value is -6.52. The number of para-hydroxylation sites is 4. The normalized spacial score (nSPS) is 11.8. The average Bonchev–Trinajstić information content (AvgIpc) is 3.71. The van der Waals surface area contributed by atoms with Crippen LogP contribution in [0.3, 0.4) is 0 Å². The summed E-state index contributed by atoms with van der Waals surface area (Å²) < 4.78 is 9.06. The van der Waals surface area contributed by atoms with E-state index in [0.29, 0.717) is 5.82 Å². The van der Waals surface area contributed by atoms with Gasteiger partial charge in [-0.2, -0.15) is 0 Å². The third-order valence-electron chi connectivity index (χ3n) is 9.41. The van der Waals surface area contributed by atoms with Crippen molar-refractivity contribution in [1.82, 2.24) is 14.5 Å². The van der Waals surface area contributed by atoms with Crippen LogP contribution in [-0.4, -0.2) is 14.5 Å². The molecular formula is C44H27N3O. The summed E-state index contributed by atoms with van der Waals surface area (Å²) in [6.07, 6.45) is 0. The van der Waals surface area contributed by atoms with Gasteiger partial charge in [-0.05, 0) is 48.0 Å². The zero-order valence-corrected chi connectivity index (χ0v) is 25.8. The molecule has 0 saturated heterocycles. The third kappa shape index (κ3) is 4.03. The molecule has 4 nitrogen and oxygen atoms in total. The summed E-state index contributed by atoms with van der Waals surface area (Å²) in [6.45, 7) is 0. The molecule has 3 aromatic heterocycles. The van der Waals surface area contributed by atoms with Gasteiger partial charge in [-0.1, -0.05) is 121 Å². The second kappa shape index (κ2) is 10.5. The van der Waals surface area contributed by atoms with E-state index in [-0.39, 0.29) is 0 Å². The van der Waals surface area contributed by atoms with E-state index in [1.165, 1.54) is 21.8 Å². The van der Waals surface area contributed by atoms with Crippen LogP contribution in [0.1, 0.15) is 0 Å². The summed E-state index contributed by atoms with van der Waals surface area (Å²) in [5, 5.41) is 5.52. The van der Waals surface area contributed by atoms with Crippen molar-refractivity contribution in [2.24, 2.45) is 0 Å². The van der Waals surface area contributed by atoms with Gasteiger partial charge in [0.1, 0.15) is 11.2 Å². The first kappa shape index (κ1) is 26.7. The van der Waals surface area contributed by atoms with E-state index in [2.05, 4.69) is 138 Å². The van der Waals surface area contributed by atoms with Crippen molar-refractivity contribution in [2.45, 2.75) is 0 Å². The predicted octanol–water partition coefficient (Wildman–Crippen LogP) is 11.6. The summed E-state index contributed by atoms with van der Waals surface area (Å²) in [4.78, 5) is 10.3. The van der Waals surface area contributed by atoms with E-state index >= 15 is 0 Å². The molecule has 0 bridgehead atoms. The van der Waals surface area contributed by atoms with Crippen LogP contribution in [-0.2, 0) is 0 Å². The van der Waals surface area contributed by atoms with Crippen LogP contribution < -0.4 is 0 Å². The Balaban J connectivity index is 1.19. The minimum absolute atomic E-state index is 0.682. The molecule has 0 saturated carbocycles. The Morgan fingerprint density at radius 1 is 0.458 bits per heavy atom. The van der Waals surface area contributed by atoms with Gasteiger partial charge in [0.2, 0.25) is 0 Å². The van der Waals surface area contributed by atoms with Crippen LogP contribution in [0.15, 0.2) is 168 Å². The molecule has 0 N–H and O–H groups in total. The lowest BCUT2D eigenvalue weighted by Gasteiger charge is -2.10. The summed E-state index contributed by atoms with van der Waals surface area (Å²) in [7, 11) is 0. The number of hydrogen-bond donors (Lipinski definition) is 0. The highest BCUT2D eigenvalue weighted by atomic mass is 16.3. The van der Waals surface area contributed by atoms with Crippen LogP contribution >= 0.6 is 0 Å². The van der Waals surface area contributed by atoms with E-state index in [1.807, 2.05) is 30.3 Å². The van der Waals surface area contributed by atoms with Gasteiger partial charge in [0.25, 0.3) is 0 Å². The topological polar surface area (TPSA) is 43.9 Å². The maximum Gasteiger partial charge on any atom is 0.161 e. The molecule has 3 heterocycles. The standard InChI is InChI=1S/C44H27N3O/c1-3-13-28(14-4-1)42-33-18-7-9-22-37(33)45-44(46-42)35-21-12-24-40-41(35)34-20-11-19-31(43(34)48-40)29-25-26-39-36(27-29)32-17-8-10-23-38(32)47(39)30-15-5-2-6-16-30/h1-27H. The van der Waals surface area contributed by atoms with Gasteiger partial charge in [0, 0.05) is 49.3 Å². The molecule has 10 rings (SSSR count). The zero-order valence-electron chi connectivity index (χ0n) is 25.8. The van der Waals surface area contributed by atoms with Crippen LogP contribution in [0, 0.1) is 0 Å². The van der Waals surface area contributed by atoms with Crippen LogP contribution in [0.5, 0.6) is 0 Å². The van der Waals surface area contributed by atoms with E-state index in [0.717, 1.165) is 66.5 Å². The van der Waals surface area contributed by atoms with Gasteiger partial charge in [0.15, 0.2) is 5.82 Å². The molecular weight excluding hydrogens is 587 g/mol. The predicted molar refractivity (Wildman–Crippen MR) is 197 cm³/mol. The van der Waals surface area contributed by atoms with Crippen molar-refractivity contribution in [2.75, 3.05) is 0 Å². The van der Waals surface area contributed by atoms with Gasteiger partial charge in [-0.15, -0.1) is 0 Å². The lowest BCUT2D eigenvalue weighted by atomic mass is 9.98. The second-order valence-electron chi connectivity index (χ2n) is 12.2. The first-order valence-electron chi connectivity index (χ1n) is 16.2. The van der Waals surface area contributed by atoms with Gasteiger partial charge >= 0.3 is 0 Å². The Morgan fingerprint density at radius 2 is 1.15 bits per heavy atom. The molecule has 0 fully saturated rings. The quantitative estimate of drug-likeness (QED) is 0.198. The smallest absolute Gasteiger partial charge is 0.161 e. The molecule has 48 heavy (non-hydrogen) atoms. The number of aromatic nitrogens is 3. The number of rotatable bonds is 4. The number of nitrogens with zero attached hydrogens (tertiary/aromatic N) is 3. The van der Waals surface area contributed by atoms with Gasteiger partial charge < -0.3 is 8.98 Å². The molecule has 10 aromatic rings. The van der Waals surface area contributed by atoms with Gasteiger partial charge in [-0.25, -0.2) is 9.97 Å². The Bertz CT molecular complexity index is 2830. The zero-order chi connectivity index (χ0) is 31.6. The SMILES string of the molecule is c1ccc(-c2nc(-c3cccc4oc5c(-c6ccc7c(c6)c6ccccc6n7-c6ccccc6)cccc5c34)nc3ccccc23)cc1. The number of benzene rings is 7. The summed E-state index contributed by atoms with van der Waals surface area (Å²) in [5.74, 6) is 0.682.